The Morgan fingerprint density at radius 3 is 1.70 bits per heavy atom. The van der Waals surface area contributed by atoms with Crippen LogP contribution in [0.4, 0.5) is 0 Å². The van der Waals surface area contributed by atoms with E-state index in [1.807, 2.05) is 6.07 Å². The molecule has 2 N–H and O–H groups in total. The summed E-state index contributed by atoms with van der Waals surface area (Å²) >= 11 is 0. The predicted octanol–water partition coefficient (Wildman–Crippen LogP) is 4.13. The third-order valence-corrected chi connectivity index (χ3v) is 10.00. The summed E-state index contributed by atoms with van der Waals surface area (Å²) in [5, 5.41) is 2.52. The summed E-state index contributed by atoms with van der Waals surface area (Å²) in [5.41, 5.74) is 7.03. The molecule has 3 rings (SSSR count). The minimum absolute atomic E-state index is 0.0501. The summed E-state index contributed by atoms with van der Waals surface area (Å²) in [4.78, 5) is 0. The Hall–Kier alpha value is -2.36. The molecule has 0 heterocycles. The average molecular weight is 376 g/mol. The van der Waals surface area contributed by atoms with Crippen molar-refractivity contribution in [3.05, 3.63) is 90.5 Å². The van der Waals surface area contributed by atoms with E-state index in [4.69, 9.17) is 10.2 Å². The number of hydrogen-bond acceptors (Lipinski definition) is 2. The first kappa shape index (κ1) is 19.4. The van der Waals surface area contributed by atoms with Crippen molar-refractivity contribution in [3.8, 4) is 5.75 Å². The first-order valence-electron chi connectivity index (χ1n) is 9.57. The van der Waals surface area contributed by atoms with Gasteiger partial charge in [0.2, 0.25) is 0 Å². The number of para-hydroxylation sites is 1. The van der Waals surface area contributed by atoms with Crippen LogP contribution < -0.4 is 20.5 Å². The van der Waals surface area contributed by atoms with E-state index in [-0.39, 0.29) is 5.04 Å². The third-order valence-electron chi connectivity index (χ3n) is 5.07. The SMILES string of the molecule is CC(C)(C)[Si](Oc1ccccc1CCN)(c1ccccc1)c1ccccc1. The molecule has 140 valence electrons. The molecular formula is C24H29NOSi. The molecular weight excluding hydrogens is 346 g/mol. The van der Waals surface area contributed by atoms with Gasteiger partial charge in [-0.15, -0.1) is 0 Å². The van der Waals surface area contributed by atoms with Gasteiger partial charge in [0.1, 0.15) is 5.75 Å². The molecule has 0 unspecified atom stereocenters. The van der Waals surface area contributed by atoms with Crippen LogP contribution in [0.25, 0.3) is 0 Å². The normalized spacial score (nSPS) is 12.0. The molecule has 0 radical (unpaired) electrons. The Labute approximate surface area is 164 Å². The van der Waals surface area contributed by atoms with Crippen molar-refractivity contribution in [2.45, 2.75) is 32.2 Å². The molecule has 0 spiro atoms. The summed E-state index contributed by atoms with van der Waals surface area (Å²) in [6.45, 7) is 7.50. The van der Waals surface area contributed by atoms with Gasteiger partial charge in [-0.05, 0) is 40.0 Å². The molecule has 3 heteroatoms. The Morgan fingerprint density at radius 2 is 1.22 bits per heavy atom. The van der Waals surface area contributed by atoms with Gasteiger partial charge in [-0.2, -0.15) is 0 Å². The Morgan fingerprint density at radius 1 is 0.741 bits per heavy atom. The minimum atomic E-state index is -2.59. The number of rotatable bonds is 6. The molecule has 0 atom stereocenters. The zero-order chi connectivity index (χ0) is 19.3. The lowest BCUT2D eigenvalue weighted by Crippen LogP contribution is -2.68. The van der Waals surface area contributed by atoms with Crippen LogP contribution in [-0.2, 0) is 6.42 Å². The first-order valence-corrected chi connectivity index (χ1v) is 11.5. The highest BCUT2D eigenvalue weighted by Crippen LogP contribution is 2.38. The molecule has 0 aliphatic carbocycles. The summed E-state index contributed by atoms with van der Waals surface area (Å²) in [7, 11) is -2.59. The second-order valence-corrected chi connectivity index (χ2v) is 12.1. The standard InChI is InChI=1S/C24H29NOSi/c1-24(2,3)27(21-13-6-4-7-14-21,22-15-8-5-9-16-22)26-23-17-11-10-12-20(23)18-19-25/h4-17H,18-19,25H2,1-3H3. The third kappa shape index (κ3) is 3.85. The molecule has 3 aromatic rings. The molecule has 27 heavy (non-hydrogen) atoms. The Bertz CT molecular complexity index is 817. The van der Waals surface area contributed by atoms with Crippen molar-refractivity contribution in [2.75, 3.05) is 6.54 Å². The van der Waals surface area contributed by atoms with Crippen molar-refractivity contribution in [1.29, 1.82) is 0 Å². The largest absolute Gasteiger partial charge is 0.534 e. The molecule has 0 saturated carbocycles. The molecule has 3 aromatic carbocycles. The number of benzene rings is 3. The van der Waals surface area contributed by atoms with Gasteiger partial charge in [-0.3, -0.25) is 0 Å². The van der Waals surface area contributed by atoms with Gasteiger partial charge >= 0.3 is 8.32 Å². The van der Waals surface area contributed by atoms with Crippen LogP contribution in [0.15, 0.2) is 84.9 Å². The fourth-order valence-electron chi connectivity index (χ4n) is 3.78. The molecule has 0 amide bonds. The van der Waals surface area contributed by atoms with Crippen molar-refractivity contribution >= 4 is 18.7 Å². The van der Waals surface area contributed by atoms with E-state index in [0.29, 0.717) is 6.54 Å². The summed E-state index contributed by atoms with van der Waals surface area (Å²) < 4.78 is 7.11. The maximum absolute atomic E-state index is 7.11. The highest BCUT2D eigenvalue weighted by molar-refractivity contribution is 7.00. The van der Waals surface area contributed by atoms with Gasteiger partial charge in [-0.1, -0.05) is 99.6 Å². The lowest BCUT2D eigenvalue weighted by atomic mass is 10.1. The molecule has 0 aromatic heterocycles. The highest BCUT2D eigenvalue weighted by atomic mass is 28.4. The highest BCUT2D eigenvalue weighted by Gasteiger charge is 2.52. The van der Waals surface area contributed by atoms with Gasteiger partial charge in [0, 0.05) is 0 Å². The fraction of sp³-hybridized carbons (Fsp3) is 0.250. The lowest BCUT2D eigenvalue weighted by Gasteiger charge is -2.43. The van der Waals surface area contributed by atoms with E-state index in [1.54, 1.807) is 0 Å². The monoisotopic (exact) mass is 375 g/mol. The Kier molecular flexibility index (Phi) is 5.83. The smallest absolute Gasteiger partial charge is 0.319 e. The van der Waals surface area contributed by atoms with Crippen molar-refractivity contribution in [2.24, 2.45) is 5.73 Å². The van der Waals surface area contributed by atoms with Crippen molar-refractivity contribution in [3.63, 3.8) is 0 Å². The van der Waals surface area contributed by atoms with Crippen molar-refractivity contribution in [1.82, 2.24) is 0 Å². The maximum Gasteiger partial charge on any atom is 0.319 e. The fourth-order valence-corrected chi connectivity index (χ4v) is 8.24. The van der Waals surface area contributed by atoms with Crippen LogP contribution in [0.3, 0.4) is 0 Å². The van der Waals surface area contributed by atoms with Crippen LogP contribution in [0, 0.1) is 0 Å². The van der Waals surface area contributed by atoms with E-state index in [0.717, 1.165) is 12.2 Å². The second-order valence-electron chi connectivity index (χ2n) is 7.91. The predicted molar refractivity (Wildman–Crippen MR) is 117 cm³/mol. The van der Waals surface area contributed by atoms with E-state index < -0.39 is 8.32 Å². The molecule has 0 saturated heterocycles. The first-order chi connectivity index (χ1) is 13.0. The lowest BCUT2D eigenvalue weighted by molar-refractivity contribution is 0.502. The molecule has 2 nitrogen and oxygen atoms in total. The molecule has 0 bridgehead atoms. The Balaban J connectivity index is 2.25. The quantitative estimate of drug-likeness (QED) is 0.658. The van der Waals surface area contributed by atoms with Gasteiger partial charge in [-0.25, -0.2) is 0 Å². The van der Waals surface area contributed by atoms with E-state index in [2.05, 4.69) is 99.6 Å². The minimum Gasteiger partial charge on any atom is -0.534 e. The molecule has 0 fully saturated rings. The van der Waals surface area contributed by atoms with Gasteiger partial charge in [0.15, 0.2) is 0 Å². The van der Waals surface area contributed by atoms with Gasteiger partial charge < -0.3 is 10.2 Å². The zero-order valence-electron chi connectivity index (χ0n) is 16.5. The molecule has 0 aliphatic heterocycles. The van der Waals surface area contributed by atoms with Crippen LogP contribution in [0.5, 0.6) is 5.75 Å². The van der Waals surface area contributed by atoms with E-state index in [9.17, 15) is 0 Å². The van der Waals surface area contributed by atoms with Gasteiger partial charge in [0.25, 0.3) is 0 Å². The maximum atomic E-state index is 7.11. The van der Waals surface area contributed by atoms with E-state index in [1.165, 1.54) is 15.9 Å². The van der Waals surface area contributed by atoms with Crippen LogP contribution in [0.1, 0.15) is 26.3 Å². The second kappa shape index (κ2) is 8.11. The average Bonchev–Trinajstić information content (AvgIpc) is 2.68. The zero-order valence-corrected chi connectivity index (χ0v) is 17.5. The van der Waals surface area contributed by atoms with Crippen molar-refractivity contribution < 1.29 is 4.43 Å². The summed E-state index contributed by atoms with van der Waals surface area (Å²) in [6, 6.07) is 29.8. The van der Waals surface area contributed by atoms with Crippen LogP contribution in [0.2, 0.25) is 5.04 Å². The van der Waals surface area contributed by atoms with Crippen LogP contribution >= 0.6 is 0 Å². The van der Waals surface area contributed by atoms with Gasteiger partial charge in [0.05, 0.1) is 0 Å². The number of nitrogens with two attached hydrogens (primary N) is 1. The number of hydrogen-bond donors (Lipinski definition) is 1. The summed E-state index contributed by atoms with van der Waals surface area (Å²) in [5.74, 6) is 0.956. The topological polar surface area (TPSA) is 35.2 Å². The molecule has 0 aliphatic rings. The summed E-state index contributed by atoms with van der Waals surface area (Å²) in [6.07, 6.45) is 0.814. The van der Waals surface area contributed by atoms with Crippen LogP contribution in [-0.4, -0.2) is 14.9 Å². The van der Waals surface area contributed by atoms with E-state index >= 15 is 0 Å².